The average Bonchev–Trinajstić information content (AvgIpc) is 3.53. The summed E-state index contributed by atoms with van der Waals surface area (Å²) in [5.74, 6) is 0.656. The number of thiophene rings is 1. The lowest BCUT2D eigenvalue weighted by Crippen LogP contribution is -2.15. The summed E-state index contributed by atoms with van der Waals surface area (Å²) in [6.45, 7) is 5.11. The number of benzene rings is 3. The number of para-hydroxylation sites is 1. The number of rotatable bonds is 5. The number of aliphatic imine (C=N–C) groups is 1. The molecule has 2 aromatic heterocycles. The number of ether oxygens (including phenoxy) is 1. The summed E-state index contributed by atoms with van der Waals surface area (Å²) in [5.41, 5.74) is 6.23. The lowest BCUT2D eigenvalue weighted by atomic mass is 9.98. The second-order valence-corrected chi connectivity index (χ2v) is 11.0. The van der Waals surface area contributed by atoms with Crippen LogP contribution >= 0.6 is 11.3 Å². The maximum absolute atomic E-state index is 14.0. The van der Waals surface area contributed by atoms with Crippen LogP contribution < -0.4 is 10.3 Å². The van der Waals surface area contributed by atoms with Gasteiger partial charge in [-0.15, -0.1) is 11.3 Å². The van der Waals surface area contributed by atoms with Crippen molar-refractivity contribution in [3.63, 3.8) is 0 Å². The minimum atomic E-state index is -0.327. The Kier molecular flexibility index (Phi) is 6.03. The Hall–Kier alpha value is -4.36. The number of Topliss-reactive ketones (excluding diaryl/α,β-unsaturated/α-hetero) is 1. The Morgan fingerprint density at radius 2 is 1.77 bits per heavy atom. The second-order valence-electron chi connectivity index (χ2n) is 9.91. The molecule has 1 aliphatic heterocycles. The largest absolute Gasteiger partial charge is 0.456 e. The molecule has 0 N–H and O–H groups in total. The SMILES string of the molecule is CC(=O)c1ccc(Oc2c(C)cc(F)cc2C)c(-c2cn(C)c(=O)c3sc(C4=Nc5ccccc5C4)cc23)c1. The van der Waals surface area contributed by atoms with Gasteiger partial charge in [-0.3, -0.25) is 14.6 Å². The van der Waals surface area contributed by atoms with Gasteiger partial charge in [0.25, 0.3) is 5.56 Å². The van der Waals surface area contributed by atoms with E-state index in [9.17, 15) is 14.0 Å². The van der Waals surface area contributed by atoms with Gasteiger partial charge in [0.1, 0.15) is 22.0 Å². The van der Waals surface area contributed by atoms with Gasteiger partial charge in [-0.05, 0) is 79.9 Å². The maximum Gasteiger partial charge on any atom is 0.268 e. The van der Waals surface area contributed by atoms with Crippen molar-refractivity contribution in [2.45, 2.75) is 27.2 Å². The van der Waals surface area contributed by atoms with E-state index in [-0.39, 0.29) is 17.2 Å². The Morgan fingerprint density at radius 3 is 2.49 bits per heavy atom. The topological polar surface area (TPSA) is 60.7 Å². The first-order chi connectivity index (χ1) is 18.7. The van der Waals surface area contributed by atoms with Crippen molar-refractivity contribution in [1.82, 2.24) is 4.57 Å². The van der Waals surface area contributed by atoms with E-state index in [0.717, 1.165) is 32.8 Å². The molecule has 194 valence electrons. The average molecular weight is 537 g/mol. The summed E-state index contributed by atoms with van der Waals surface area (Å²) in [6.07, 6.45) is 2.48. The van der Waals surface area contributed by atoms with E-state index < -0.39 is 0 Å². The zero-order chi connectivity index (χ0) is 27.4. The number of halogens is 1. The van der Waals surface area contributed by atoms with Gasteiger partial charge in [0.15, 0.2) is 5.78 Å². The first-order valence-corrected chi connectivity index (χ1v) is 13.4. The summed E-state index contributed by atoms with van der Waals surface area (Å²) in [7, 11) is 1.72. The number of aryl methyl sites for hydroxylation is 3. The van der Waals surface area contributed by atoms with Crippen molar-refractivity contribution < 1.29 is 13.9 Å². The number of carbonyl (C=O) groups excluding carboxylic acids is 1. The Morgan fingerprint density at radius 1 is 1.03 bits per heavy atom. The summed E-state index contributed by atoms with van der Waals surface area (Å²) in [4.78, 5) is 31.4. The van der Waals surface area contributed by atoms with Gasteiger partial charge in [0.2, 0.25) is 0 Å². The van der Waals surface area contributed by atoms with Crippen molar-refractivity contribution in [2.24, 2.45) is 12.0 Å². The van der Waals surface area contributed by atoms with Crippen LogP contribution in [0.2, 0.25) is 0 Å². The van der Waals surface area contributed by atoms with Gasteiger partial charge in [-0.1, -0.05) is 18.2 Å². The molecule has 0 amide bonds. The van der Waals surface area contributed by atoms with Gasteiger partial charge >= 0.3 is 0 Å². The Labute approximate surface area is 228 Å². The van der Waals surface area contributed by atoms with E-state index in [4.69, 9.17) is 9.73 Å². The minimum absolute atomic E-state index is 0.0814. The van der Waals surface area contributed by atoms with Crippen LogP contribution in [0, 0.1) is 19.7 Å². The minimum Gasteiger partial charge on any atom is -0.456 e. The Balaban J connectivity index is 1.55. The number of ketones is 1. The third-order valence-corrected chi connectivity index (χ3v) is 8.23. The smallest absolute Gasteiger partial charge is 0.268 e. The standard InChI is InChI=1S/C32H25FN2O3S/c1-17-11-22(33)12-18(2)30(17)38-28-10-9-20(19(3)36)13-23(28)25-16-35(4)32(37)31-24(25)15-29(39-31)27-14-21-7-5-6-8-26(21)34-27/h5-13,15-16H,14H2,1-4H3. The monoisotopic (exact) mass is 536 g/mol. The molecule has 0 bridgehead atoms. The van der Waals surface area contributed by atoms with Gasteiger partial charge in [0.05, 0.1) is 16.3 Å². The van der Waals surface area contributed by atoms with E-state index in [2.05, 4.69) is 6.07 Å². The quantitative estimate of drug-likeness (QED) is 0.216. The maximum atomic E-state index is 14.0. The lowest BCUT2D eigenvalue weighted by Gasteiger charge is -2.17. The number of aromatic nitrogens is 1. The van der Waals surface area contributed by atoms with E-state index in [1.807, 2.05) is 24.3 Å². The van der Waals surface area contributed by atoms with Crippen LogP contribution in [0.3, 0.4) is 0 Å². The molecule has 7 heteroatoms. The summed E-state index contributed by atoms with van der Waals surface area (Å²) < 4.78 is 22.5. The highest BCUT2D eigenvalue weighted by Crippen LogP contribution is 2.41. The highest BCUT2D eigenvalue weighted by Gasteiger charge is 2.22. The molecule has 0 radical (unpaired) electrons. The van der Waals surface area contributed by atoms with Gasteiger partial charge in [-0.2, -0.15) is 0 Å². The molecule has 3 heterocycles. The van der Waals surface area contributed by atoms with E-state index in [1.54, 1.807) is 49.9 Å². The van der Waals surface area contributed by atoms with Crippen LogP contribution in [0.5, 0.6) is 11.5 Å². The molecule has 5 aromatic rings. The van der Waals surface area contributed by atoms with Crippen LogP contribution in [0.25, 0.3) is 21.2 Å². The first kappa shape index (κ1) is 24.9. The number of fused-ring (bicyclic) bond motifs is 2. The summed E-state index contributed by atoms with van der Waals surface area (Å²) in [5, 5.41) is 0.773. The highest BCUT2D eigenvalue weighted by molar-refractivity contribution is 7.21. The highest BCUT2D eigenvalue weighted by atomic mass is 32.1. The number of hydrogen-bond acceptors (Lipinski definition) is 5. The molecule has 0 fully saturated rings. The number of carbonyl (C=O) groups is 1. The fraction of sp³-hybridized carbons (Fsp3) is 0.156. The van der Waals surface area contributed by atoms with Crippen molar-refractivity contribution >= 4 is 38.6 Å². The molecule has 0 saturated carbocycles. The first-order valence-electron chi connectivity index (χ1n) is 12.6. The summed E-state index contributed by atoms with van der Waals surface area (Å²) in [6, 6.07) is 18.2. The molecular formula is C32H25FN2O3S. The molecule has 3 aromatic carbocycles. The lowest BCUT2D eigenvalue weighted by molar-refractivity contribution is 0.101. The second kappa shape index (κ2) is 9.43. The van der Waals surface area contributed by atoms with Gasteiger partial charge < -0.3 is 9.30 Å². The molecule has 5 nitrogen and oxygen atoms in total. The molecule has 0 spiro atoms. The molecule has 0 aliphatic carbocycles. The predicted octanol–water partition coefficient (Wildman–Crippen LogP) is 7.69. The van der Waals surface area contributed by atoms with Gasteiger partial charge in [-0.25, -0.2) is 4.39 Å². The van der Waals surface area contributed by atoms with Crippen molar-refractivity contribution in [2.75, 3.05) is 0 Å². The van der Waals surface area contributed by atoms with Crippen LogP contribution in [0.15, 0.2) is 76.6 Å². The molecule has 0 saturated heterocycles. The molecular weight excluding hydrogens is 511 g/mol. The van der Waals surface area contributed by atoms with Crippen LogP contribution in [-0.4, -0.2) is 16.1 Å². The number of nitrogens with zero attached hydrogens (tertiary/aromatic N) is 2. The van der Waals surface area contributed by atoms with Crippen molar-refractivity contribution in [3.05, 3.63) is 110 Å². The fourth-order valence-corrected chi connectivity index (χ4v) is 6.22. The molecule has 0 atom stereocenters. The Bertz CT molecular complexity index is 1890. The van der Waals surface area contributed by atoms with Gasteiger partial charge in [0, 0.05) is 41.7 Å². The normalized spacial score (nSPS) is 12.5. The van der Waals surface area contributed by atoms with Crippen LogP contribution in [-0.2, 0) is 13.5 Å². The van der Waals surface area contributed by atoms with Crippen LogP contribution in [0.1, 0.15) is 38.8 Å². The van der Waals surface area contributed by atoms with E-state index in [1.165, 1.54) is 30.4 Å². The van der Waals surface area contributed by atoms with Crippen molar-refractivity contribution in [1.29, 1.82) is 0 Å². The van der Waals surface area contributed by atoms with E-state index >= 15 is 0 Å². The zero-order valence-corrected chi connectivity index (χ0v) is 22.8. The predicted molar refractivity (Wildman–Crippen MR) is 155 cm³/mol. The number of hydrogen-bond donors (Lipinski definition) is 0. The molecule has 6 rings (SSSR count). The fourth-order valence-electron chi connectivity index (χ4n) is 5.08. The van der Waals surface area contributed by atoms with Crippen molar-refractivity contribution in [3.8, 4) is 22.6 Å². The van der Waals surface area contributed by atoms with E-state index in [0.29, 0.717) is 44.9 Å². The molecule has 0 unspecified atom stereocenters. The zero-order valence-electron chi connectivity index (χ0n) is 22.0. The molecule has 1 aliphatic rings. The summed E-state index contributed by atoms with van der Waals surface area (Å²) >= 11 is 1.43. The van der Waals surface area contributed by atoms with Crippen LogP contribution in [0.4, 0.5) is 10.1 Å². The molecule has 39 heavy (non-hydrogen) atoms. The third-order valence-electron chi connectivity index (χ3n) is 7.06. The number of pyridine rings is 1. The third kappa shape index (κ3) is 4.38.